The molecule has 6 nitrogen and oxygen atoms in total. The van der Waals surface area contributed by atoms with Gasteiger partial charge in [-0.15, -0.1) is 0 Å². The molecule has 3 aromatic rings. The van der Waals surface area contributed by atoms with Crippen LogP contribution < -0.4 is 4.72 Å². The maximum absolute atomic E-state index is 13.0. The third-order valence-electron chi connectivity index (χ3n) is 6.68. The Hall–Kier alpha value is -2.83. The predicted octanol–water partition coefficient (Wildman–Crippen LogP) is 4.94. The van der Waals surface area contributed by atoms with Crippen LogP contribution in [0.1, 0.15) is 56.2 Å². The second-order valence-electron chi connectivity index (χ2n) is 9.28. The summed E-state index contributed by atoms with van der Waals surface area (Å²) in [7, 11) is -3.69. The molecule has 0 radical (unpaired) electrons. The van der Waals surface area contributed by atoms with Gasteiger partial charge in [0.25, 0.3) is 0 Å². The molecule has 5 rings (SSSR count). The van der Waals surface area contributed by atoms with Crippen LogP contribution in [0.5, 0.6) is 0 Å². The first-order valence-electron chi connectivity index (χ1n) is 11.1. The maximum atomic E-state index is 13.0. The summed E-state index contributed by atoms with van der Waals surface area (Å²) in [6, 6.07) is 10.7. The van der Waals surface area contributed by atoms with Crippen LogP contribution in [0.25, 0.3) is 22.3 Å². The molecular weight excluding hydrogens is 446 g/mol. The van der Waals surface area contributed by atoms with Crippen LogP contribution in [-0.2, 0) is 16.4 Å². The molecule has 9 heteroatoms. The molecule has 0 aliphatic heterocycles. The van der Waals surface area contributed by atoms with Crippen molar-refractivity contribution in [1.82, 2.24) is 14.3 Å². The molecule has 2 aliphatic carbocycles. The first kappa shape index (κ1) is 22.0. The summed E-state index contributed by atoms with van der Waals surface area (Å²) < 4.78 is 56.1. The highest BCUT2D eigenvalue weighted by atomic mass is 32.2. The molecule has 1 aromatic carbocycles. The number of rotatable bonds is 7. The summed E-state index contributed by atoms with van der Waals surface area (Å²) in [6.45, 7) is 1.87. The molecule has 0 amide bonds. The Labute approximate surface area is 191 Å². The van der Waals surface area contributed by atoms with Crippen LogP contribution in [-0.4, -0.2) is 29.9 Å². The zero-order chi connectivity index (χ0) is 23.4. The number of nitrogens with one attached hydrogen (secondary N) is 1. The van der Waals surface area contributed by atoms with Crippen LogP contribution in [0.15, 0.2) is 41.4 Å². The smallest absolute Gasteiger partial charge is 0.242 e. The van der Waals surface area contributed by atoms with E-state index in [4.69, 9.17) is 0 Å². The summed E-state index contributed by atoms with van der Waals surface area (Å²) in [5, 5.41) is 10.6. The van der Waals surface area contributed by atoms with Crippen molar-refractivity contribution in [2.45, 2.75) is 68.4 Å². The zero-order valence-corrected chi connectivity index (χ0v) is 19.0. The van der Waals surface area contributed by atoms with Crippen LogP contribution in [0.2, 0.25) is 0 Å². The second kappa shape index (κ2) is 7.89. The number of benzene rings is 1. The van der Waals surface area contributed by atoms with Gasteiger partial charge in [-0.1, -0.05) is 6.07 Å². The van der Waals surface area contributed by atoms with Gasteiger partial charge in [0.2, 0.25) is 16.4 Å². The van der Waals surface area contributed by atoms with Crippen LogP contribution in [0.4, 0.5) is 8.78 Å². The number of nitriles is 1. The molecule has 2 aromatic heterocycles. The highest BCUT2D eigenvalue weighted by Crippen LogP contribution is 2.42. The van der Waals surface area contributed by atoms with E-state index in [2.05, 4.69) is 20.3 Å². The summed E-state index contributed by atoms with van der Waals surface area (Å²) >= 11 is 0. The number of fused-ring (bicyclic) bond motifs is 1. The summed E-state index contributed by atoms with van der Waals surface area (Å²) in [4.78, 5) is 4.50. The Balaban J connectivity index is 1.61. The highest BCUT2D eigenvalue weighted by molar-refractivity contribution is 7.89. The van der Waals surface area contributed by atoms with Crippen molar-refractivity contribution in [3.05, 3.63) is 47.7 Å². The van der Waals surface area contributed by atoms with Gasteiger partial charge in [0, 0.05) is 29.6 Å². The number of nitrogens with zero attached hydrogens (tertiary/aromatic N) is 3. The third-order valence-corrected chi connectivity index (χ3v) is 8.30. The average molecular weight is 471 g/mol. The largest absolute Gasteiger partial charge is 0.335 e. The topological polar surface area (TPSA) is 87.8 Å². The van der Waals surface area contributed by atoms with E-state index >= 15 is 0 Å². The van der Waals surface area contributed by atoms with E-state index in [9.17, 15) is 22.5 Å². The van der Waals surface area contributed by atoms with E-state index in [0.29, 0.717) is 27.9 Å². The zero-order valence-electron chi connectivity index (χ0n) is 18.2. The molecule has 172 valence electrons. The van der Waals surface area contributed by atoms with Gasteiger partial charge < -0.3 is 4.57 Å². The lowest BCUT2D eigenvalue weighted by Crippen LogP contribution is -2.34. The summed E-state index contributed by atoms with van der Waals surface area (Å²) in [6.07, 6.45) is 3.06. The number of hydrogen-bond donors (Lipinski definition) is 1. The molecule has 2 aliphatic rings. The number of alkyl halides is 2. The standard InChI is InChI=1S/C24H24F2N4O2S/c1-24(9-10-24)29-33(31,32)17-6-7-20(28-14-17)23-19(13-27)18-11-15(12-22(25)26)5-8-21(18)30(23)16-3-2-4-16/h5-8,11,14,16,22,29H,2-4,9-10,12H2,1H3. The molecule has 2 heterocycles. The number of aromatic nitrogens is 2. The van der Waals surface area contributed by atoms with E-state index < -0.39 is 22.0 Å². The van der Waals surface area contributed by atoms with Crippen molar-refractivity contribution < 1.29 is 17.2 Å². The average Bonchev–Trinajstić information content (AvgIpc) is 3.35. The number of hydrogen-bond acceptors (Lipinski definition) is 4. The lowest BCUT2D eigenvalue weighted by molar-refractivity contribution is 0.149. The Morgan fingerprint density at radius 1 is 1.27 bits per heavy atom. The van der Waals surface area contributed by atoms with E-state index in [-0.39, 0.29) is 17.4 Å². The van der Waals surface area contributed by atoms with E-state index in [1.54, 1.807) is 24.3 Å². The molecule has 0 atom stereocenters. The van der Waals surface area contributed by atoms with Gasteiger partial charge in [-0.2, -0.15) is 5.26 Å². The van der Waals surface area contributed by atoms with E-state index in [0.717, 1.165) is 37.6 Å². The van der Waals surface area contributed by atoms with Crippen LogP contribution in [0.3, 0.4) is 0 Å². The third kappa shape index (κ3) is 4.02. The molecule has 33 heavy (non-hydrogen) atoms. The first-order valence-corrected chi connectivity index (χ1v) is 12.5. The Bertz CT molecular complexity index is 1370. The fourth-order valence-corrected chi connectivity index (χ4v) is 5.82. The van der Waals surface area contributed by atoms with Gasteiger partial charge in [0.05, 0.1) is 22.5 Å². The van der Waals surface area contributed by atoms with Crippen molar-refractivity contribution in [3.63, 3.8) is 0 Å². The molecule has 2 fully saturated rings. The molecular formula is C24H24F2N4O2S. The van der Waals surface area contributed by atoms with Crippen molar-refractivity contribution in [1.29, 1.82) is 5.26 Å². The lowest BCUT2D eigenvalue weighted by Gasteiger charge is -2.30. The molecule has 0 saturated heterocycles. The Morgan fingerprint density at radius 3 is 2.58 bits per heavy atom. The van der Waals surface area contributed by atoms with Crippen molar-refractivity contribution in [2.24, 2.45) is 0 Å². The van der Waals surface area contributed by atoms with Gasteiger partial charge >= 0.3 is 0 Å². The monoisotopic (exact) mass is 470 g/mol. The minimum absolute atomic E-state index is 0.0726. The van der Waals surface area contributed by atoms with Crippen molar-refractivity contribution in [2.75, 3.05) is 0 Å². The van der Waals surface area contributed by atoms with Crippen molar-refractivity contribution in [3.8, 4) is 17.5 Å². The molecule has 1 N–H and O–H groups in total. The van der Waals surface area contributed by atoms with Crippen LogP contribution in [0, 0.1) is 11.3 Å². The maximum Gasteiger partial charge on any atom is 0.242 e. The number of halogens is 2. The molecule has 0 spiro atoms. The molecule has 0 bridgehead atoms. The highest BCUT2D eigenvalue weighted by Gasteiger charge is 2.41. The Kier molecular flexibility index (Phi) is 5.26. The van der Waals surface area contributed by atoms with Gasteiger partial charge in [-0.3, -0.25) is 4.98 Å². The fraction of sp³-hybridized carbons (Fsp3) is 0.417. The molecule has 2 saturated carbocycles. The summed E-state index contributed by atoms with van der Waals surface area (Å²) in [5.74, 6) is 0. The second-order valence-corrected chi connectivity index (χ2v) is 11.0. The number of pyridine rings is 1. The van der Waals surface area contributed by atoms with Gasteiger partial charge in [-0.25, -0.2) is 21.9 Å². The Morgan fingerprint density at radius 2 is 2.03 bits per heavy atom. The lowest BCUT2D eigenvalue weighted by atomic mass is 9.92. The quantitative estimate of drug-likeness (QED) is 0.530. The SMILES string of the molecule is CC1(NS(=O)(=O)c2ccc(-c3c(C#N)c4cc(CC(F)F)ccc4n3C3CCC3)nc2)CC1. The minimum atomic E-state index is -3.69. The first-order chi connectivity index (χ1) is 15.7. The predicted molar refractivity (Wildman–Crippen MR) is 120 cm³/mol. The molecule has 0 unspecified atom stereocenters. The van der Waals surface area contributed by atoms with Gasteiger partial charge in [0.1, 0.15) is 11.0 Å². The van der Waals surface area contributed by atoms with Gasteiger partial charge in [0.15, 0.2) is 0 Å². The van der Waals surface area contributed by atoms with Gasteiger partial charge in [-0.05, 0) is 68.9 Å². The minimum Gasteiger partial charge on any atom is -0.335 e. The normalized spacial score (nSPS) is 17.8. The fourth-order valence-electron chi connectivity index (χ4n) is 4.41. The van der Waals surface area contributed by atoms with Crippen LogP contribution >= 0.6 is 0 Å². The van der Waals surface area contributed by atoms with Crippen molar-refractivity contribution >= 4 is 20.9 Å². The van der Waals surface area contributed by atoms with E-state index in [1.807, 2.05) is 6.92 Å². The number of sulfonamides is 1. The summed E-state index contributed by atoms with van der Waals surface area (Å²) in [5.41, 5.74) is 2.36. The van der Waals surface area contributed by atoms with E-state index in [1.165, 1.54) is 12.3 Å².